The van der Waals surface area contributed by atoms with Crippen LogP contribution < -0.4 is 10.1 Å². The van der Waals surface area contributed by atoms with Crippen molar-refractivity contribution in [3.8, 4) is 17.0 Å². The molecule has 144 valence electrons. The van der Waals surface area contributed by atoms with Crippen LogP contribution in [0.3, 0.4) is 0 Å². The van der Waals surface area contributed by atoms with Crippen LogP contribution in [0.5, 0.6) is 5.75 Å². The van der Waals surface area contributed by atoms with Crippen LogP contribution >= 0.6 is 11.6 Å². The fourth-order valence-electron chi connectivity index (χ4n) is 3.80. The predicted octanol–water partition coefficient (Wildman–Crippen LogP) is 6.29. The van der Waals surface area contributed by atoms with Crippen LogP contribution in [0.2, 0.25) is 5.02 Å². The zero-order chi connectivity index (χ0) is 19.8. The summed E-state index contributed by atoms with van der Waals surface area (Å²) in [6, 6.07) is 11.8. The lowest BCUT2D eigenvalue weighted by Crippen LogP contribution is -2.36. The van der Waals surface area contributed by atoms with Crippen LogP contribution in [-0.2, 0) is 0 Å². The topological polar surface area (TPSA) is 38.6 Å². The Morgan fingerprint density at radius 2 is 1.85 bits per heavy atom. The Bertz CT molecular complexity index is 954. The van der Waals surface area contributed by atoms with Crippen LogP contribution in [0.1, 0.15) is 41.0 Å². The third kappa shape index (κ3) is 4.56. The lowest BCUT2D eigenvalue weighted by atomic mass is 9.82. The number of imidazole rings is 1. The lowest BCUT2D eigenvalue weighted by molar-refractivity contribution is 0.302. The fourth-order valence-corrected chi connectivity index (χ4v) is 3.96. The Morgan fingerprint density at radius 1 is 1.11 bits per heavy atom. The number of nitrogens with zero attached hydrogens (tertiary/aromatic N) is 2. The number of fused-ring (bicyclic) bond motifs is 1. The molecule has 0 amide bonds. The molecule has 3 aromatic rings. The number of hydrogen-bond acceptors (Lipinski definition) is 3. The van der Waals surface area contributed by atoms with Crippen LogP contribution in [0.15, 0.2) is 42.6 Å². The number of rotatable bonds is 5. The number of pyridine rings is 1. The molecule has 0 saturated carbocycles. The lowest BCUT2D eigenvalue weighted by Gasteiger charge is -2.34. The van der Waals surface area contributed by atoms with E-state index in [1.807, 2.05) is 47.0 Å². The molecule has 5 heteroatoms. The second-order valence-electron chi connectivity index (χ2n) is 8.86. The highest BCUT2D eigenvalue weighted by molar-refractivity contribution is 6.30. The van der Waals surface area contributed by atoms with Crippen molar-refractivity contribution in [2.45, 2.75) is 46.6 Å². The summed E-state index contributed by atoms with van der Waals surface area (Å²) >= 11 is 6.27. The van der Waals surface area contributed by atoms with Gasteiger partial charge in [-0.1, -0.05) is 44.5 Å². The van der Waals surface area contributed by atoms with Crippen LogP contribution in [0.25, 0.3) is 16.9 Å². The van der Waals surface area contributed by atoms with Crippen molar-refractivity contribution in [3.05, 3.63) is 47.6 Å². The first-order valence-electron chi connectivity index (χ1n) is 9.18. The molecular weight excluding hydrogens is 358 g/mol. The molecule has 4 nitrogen and oxygen atoms in total. The first-order chi connectivity index (χ1) is 12.6. The van der Waals surface area contributed by atoms with Gasteiger partial charge in [-0.05, 0) is 49.9 Å². The van der Waals surface area contributed by atoms with Gasteiger partial charge in [0.05, 0.1) is 12.1 Å². The number of benzene rings is 1. The molecule has 0 fully saturated rings. The molecule has 0 spiro atoms. The minimum Gasteiger partial charge on any atom is -0.497 e. The molecule has 1 aromatic carbocycles. The highest BCUT2D eigenvalue weighted by atomic mass is 35.5. The summed E-state index contributed by atoms with van der Waals surface area (Å²) in [5.41, 5.74) is 2.82. The van der Waals surface area contributed by atoms with Crippen molar-refractivity contribution >= 4 is 23.1 Å². The van der Waals surface area contributed by atoms with E-state index >= 15 is 0 Å². The number of methoxy groups -OCH3 is 1. The first-order valence-corrected chi connectivity index (χ1v) is 9.56. The van der Waals surface area contributed by atoms with Gasteiger partial charge in [-0.25, -0.2) is 4.98 Å². The molecule has 2 aromatic heterocycles. The standard InChI is InChI=1S/C22H28ClN3O/c1-21(2,3)14-22(4,5)25-20-19(15-8-7-9-17(12-15)27-6)24-18-11-10-16(23)13-26(18)20/h7-13,25H,14H2,1-6H3. The van der Waals surface area contributed by atoms with E-state index in [-0.39, 0.29) is 11.0 Å². The molecule has 0 radical (unpaired) electrons. The molecule has 0 saturated heterocycles. The summed E-state index contributed by atoms with van der Waals surface area (Å²) in [7, 11) is 1.67. The van der Waals surface area contributed by atoms with E-state index in [2.05, 4.69) is 39.9 Å². The van der Waals surface area contributed by atoms with Gasteiger partial charge in [0.2, 0.25) is 0 Å². The second-order valence-corrected chi connectivity index (χ2v) is 9.30. The zero-order valence-corrected chi connectivity index (χ0v) is 17.7. The van der Waals surface area contributed by atoms with Gasteiger partial charge >= 0.3 is 0 Å². The predicted molar refractivity (Wildman–Crippen MR) is 114 cm³/mol. The van der Waals surface area contributed by atoms with Gasteiger partial charge < -0.3 is 10.1 Å². The van der Waals surface area contributed by atoms with Gasteiger partial charge in [0.1, 0.15) is 22.9 Å². The van der Waals surface area contributed by atoms with Crippen molar-refractivity contribution in [1.82, 2.24) is 9.38 Å². The SMILES string of the molecule is COc1cccc(-c2nc3ccc(Cl)cn3c2NC(C)(C)CC(C)(C)C)c1. The molecule has 0 aliphatic rings. The smallest absolute Gasteiger partial charge is 0.139 e. The molecule has 0 unspecified atom stereocenters. The van der Waals surface area contributed by atoms with E-state index in [1.54, 1.807) is 7.11 Å². The van der Waals surface area contributed by atoms with E-state index in [4.69, 9.17) is 21.3 Å². The van der Waals surface area contributed by atoms with Gasteiger partial charge in [-0.15, -0.1) is 0 Å². The van der Waals surface area contributed by atoms with Crippen LogP contribution in [0.4, 0.5) is 5.82 Å². The number of nitrogens with one attached hydrogen (secondary N) is 1. The molecule has 1 N–H and O–H groups in total. The zero-order valence-electron chi connectivity index (χ0n) is 16.9. The minimum absolute atomic E-state index is 0.121. The summed E-state index contributed by atoms with van der Waals surface area (Å²) < 4.78 is 7.43. The average molecular weight is 386 g/mol. The van der Waals surface area contributed by atoms with Crippen LogP contribution in [-0.4, -0.2) is 22.0 Å². The monoisotopic (exact) mass is 385 g/mol. The number of halogens is 1. The minimum atomic E-state index is -0.121. The Kier molecular flexibility index (Phi) is 5.13. The van der Waals surface area contributed by atoms with E-state index in [9.17, 15) is 0 Å². The number of ether oxygens (including phenoxy) is 1. The number of anilines is 1. The maximum absolute atomic E-state index is 6.27. The number of aromatic nitrogens is 2. The van der Waals surface area contributed by atoms with Crippen molar-refractivity contribution in [2.24, 2.45) is 5.41 Å². The summed E-state index contributed by atoms with van der Waals surface area (Å²) in [5.74, 6) is 1.75. The molecule has 0 atom stereocenters. The molecule has 0 aliphatic heterocycles. The van der Waals surface area contributed by atoms with Gasteiger partial charge in [-0.2, -0.15) is 0 Å². The van der Waals surface area contributed by atoms with Crippen molar-refractivity contribution in [1.29, 1.82) is 0 Å². The molecule has 2 heterocycles. The fraction of sp³-hybridized carbons (Fsp3) is 0.409. The Morgan fingerprint density at radius 3 is 2.52 bits per heavy atom. The summed E-state index contributed by atoms with van der Waals surface area (Å²) in [5, 5.41) is 4.41. The highest BCUT2D eigenvalue weighted by Gasteiger charge is 2.28. The normalized spacial score (nSPS) is 12.4. The summed E-state index contributed by atoms with van der Waals surface area (Å²) in [6.07, 6.45) is 2.91. The van der Waals surface area contributed by atoms with Crippen molar-refractivity contribution in [2.75, 3.05) is 12.4 Å². The summed E-state index contributed by atoms with van der Waals surface area (Å²) in [4.78, 5) is 4.87. The highest BCUT2D eigenvalue weighted by Crippen LogP contribution is 2.36. The Labute approximate surface area is 166 Å². The maximum atomic E-state index is 6.27. The van der Waals surface area contributed by atoms with E-state index in [0.717, 1.165) is 34.9 Å². The molecule has 0 aliphatic carbocycles. The molecular formula is C22H28ClN3O. The quantitative estimate of drug-likeness (QED) is 0.560. The van der Waals surface area contributed by atoms with Crippen LogP contribution in [0, 0.1) is 5.41 Å². The third-order valence-electron chi connectivity index (χ3n) is 4.35. The molecule has 27 heavy (non-hydrogen) atoms. The Balaban J connectivity index is 2.15. The second kappa shape index (κ2) is 7.08. The van der Waals surface area contributed by atoms with E-state index < -0.39 is 0 Å². The maximum Gasteiger partial charge on any atom is 0.139 e. The van der Waals surface area contributed by atoms with E-state index in [0.29, 0.717) is 5.02 Å². The summed E-state index contributed by atoms with van der Waals surface area (Å²) in [6.45, 7) is 11.2. The van der Waals surface area contributed by atoms with Gasteiger partial charge in [-0.3, -0.25) is 4.40 Å². The number of hydrogen-bond donors (Lipinski definition) is 1. The van der Waals surface area contributed by atoms with Gasteiger partial charge in [0, 0.05) is 17.3 Å². The largest absolute Gasteiger partial charge is 0.497 e. The average Bonchev–Trinajstić information content (AvgIpc) is 2.90. The van der Waals surface area contributed by atoms with Crippen molar-refractivity contribution in [3.63, 3.8) is 0 Å². The van der Waals surface area contributed by atoms with Gasteiger partial charge in [0.15, 0.2) is 0 Å². The Hall–Kier alpha value is -2.20. The van der Waals surface area contributed by atoms with Crippen molar-refractivity contribution < 1.29 is 4.74 Å². The molecule has 3 rings (SSSR count). The third-order valence-corrected chi connectivity index (χ3v) is 4.58. The van der Waals surface area contributed by atoms with E-state index in [1.165, 1.54) is 0 Å². The first kappa shape index (κ1) is 19.6. The molecule has 0 bridgehead atoms. The van der Waals surface area contributed by atoms with Gasteiger partial charge in [0.25, 0.3) is 0 Å².